The van der Waals surface area contributed by atoms with Crippen molar-refractivity contribution in [2.45, 2.75) is 19.4 Å². The lowest BCUT2D eigenvalue weighted by atomic mass is 10.3. The van der Waals surface area contributed by atoms with Crippen LogP contribution in [-0.2, 0) is 13.6 Å². The van der Waals surface area contributed by atoms with Crippen LogP contribution in [0.15, 0.2) is 0 Å². The molecule has 4 heteroatoms. The maximum Gasteiger partial charge on any atom is 0.327 e. The lowest BCUT2D eigenvalue weighted by molar-refractivity contribution is 0.0957. The molecule has 0 aliphatic carbocycles. The zero-order chi connectivity index (χ0) is 6.91. The van der Waals surface area contributed by atoms with Gasteiger partial charge in [-0.15, -0.1) is 0 Å². The Hall–Kier alpha value is 0.150. The predicted octanol–water partition coefficient (Wildman–Crippen LogP) is 1.63. The molecule has 1 rings (SSSR count). The van der Waals surface area contributed by atoms with Gasteiger partial charge in [-0.2, -0.15) is 0 Å². The Morgan fingerprint density at radius 1 is 1.67 bits per heavy atom. The first-order valence-electron chi connectivity index (χ1n) is 3.00. The third kappa shape index (κ3) is 2.09. The lowest BCUT2D eigenvalue weighted by Gasteiger charge is -2.24. The van der Waals surface area contributed by atoms with Crippen molar-refractivity contribution < 1.29 is 13.6 Å². The summed E-state index contributed by atoms with van der Waals surface area (Å²) in [5.41, 5.74) is 0. The minimum atomic E-state index is -2.64. The Balaban J connectivity index is 2.51. The van der Waals surface area contributed by atoms with Gasteiger partial charge in [-0.05, 0) is 13.3 Å². The second kappa shape index (κ2) is 2.41. The van der Waals surface area contributed by atoms with Gasteiger partial charge in [-0.1, -0.05) is 0 Å². The Kier molecular flexibility index (Phi) is 1.94. The first-order chi connectivity index (χ1) is 4.10. The Labute approximate surface area is 54.9 Å². The van der Waals surface area contributed by atoms with Gasteiger partial charge in [-0.25, -0.2) is 0 Å². The SMILES string of the molecule is CC1CCOP(C)(=O)O1. The van der Waals surface area contributed by atoms with E-state index in [1.807, 2.05) is 6.92 Å². The highest BCUT2D eigenvalue weighted by atomic mass is 31.2. The van der Waals surface area contributed by atoms with Crippen molar-refractivity contribution >= 4 is 7.60 Å². The van der Waals surface area contributed by atoms with Crippen LogP contribution in [-0.4, -0.2) is 19.4 Å². The van der Waals surface area contributed by atoms with Crippen LogP contribution in [0.4, 0.5) is 0 Å². The molecule has 0 saturated carbocycles. The molecule has 1 fully saturated rings. The van der Waals surface area contributed by atoms with Crippen molar-refractivity contribution in [1.82, 2.24) is 0 Å². The van der Waals surface area contributed by atoms with Crippen molar-refractivity contribution in [2.75, 3.05) is 13.3 Å². The summed E-state index contributed by atoms with van der Waals surface area (Å²) in [5.74, 6) is 0. The lowest BCUT2D eigenvalue weighted by Crippen LogP contribution is -2.16. The molecular formula is C5H11O3P. The number of hydrogen-bond acceptors (Lipinski definition) is 3. The van der Waals surface area contributed by atoms with Crippen molar-refractivity contribution in [3.05, 3.63) is 0 Å². The molecule has 3 nitrogen and oxygen atoms in total. The quantitative estimate of drug-likeness (QED) is 0.492. The topological polar surface area (TPSA) is 35.5 Å². The summed E-state index contributed by atoms with van der Waals surface area (Å²) in [6, 6.07) is 0. The average molecular weight is 150 g/mol. The van der Waals surface area contributed by atoms with Crippen LogP contribution >= 0.6 is 7.60 Å². The molecule has 1 aliphatic heterocycles. The standard InChI is InChI=1S/C5H11O3P/c1-5-3-4-7-9(2,6)8-5/h5H,3-4H2,1-2H3. The van der Waals surface area contributed by atoms with Gasteiger partial charge in [0.15, 0.2) is 0 Å². The first-order valence-corrected chi connectivity index (χ1v) is 4.99. The summed E-state index contributed by atoms with van der Waals surface area (Å²) in [5, 5.41) is 0. The van der Waals surface area contributed by atoms with Crippen LogP contribution in [0, 0.1) is 0 Å². The largest absolute Gasteiger partial charge is 0.327 e. The third-order valence-electron chi connectivity index (χ3n) is 1.22. The molecule has 0 spiro atoms. The summed E-state index contributed by atoms with van der Waals surface area (Å²) >= 11 is 0. The van der Waals surface area contributed by atoms with Gasteiger partial charge >= 0.3 is 7.60 Å². The minimum absolute atomic E-state index is 0.0922. The van der Waals surface area contributed by atoms with Crippen molar-refractivity contribution in [3.8, 4) is 0 Å². The highest BCUT2D eigenvalue weighted by Crippen LogP contribution is 2.48. The second-order valence-electron chi connectivity index (χ2n) is 2.31. The molecule has 0 radical (unpaired) electrons. The van der Waals surface area contributed by atoms with Gasteiger partial charge in [0, 0.05) is 6.66 Å². The molecule has 0 aromatic carbocycles. The number of rotatable bonds is 0. The fraction of sp³-hybridized carbons (Fsp3) is 1.00. The second-order valence-corrected chi connectivity index (χ2v) is 4.32. The zero-order valence-corrected chi connectivity index (χ0v) is 6.56. The molecule has 0 aromatic rings. The monoisotopic (exact) mass is 150 g/mol. The van der Waals surface area contributed by atoms with E-state index in [4.69, 9.17) is 9.05 Å². The third-order valence-corrected chi connectivity index (χ3v) is 2.62. The van der Waals surface area contributed by atoms with E-state index < -0.39 is 7.60 Å². The highest BCUT2D eigenvalue weighted by molar-refractivity contribution is 7.53. The molecule has 0 N–H and O–H groups in total. The van der Waals surface area contributed by atoms with Gasteiger partial charge in [0.25, 0.3) is 0 Å². The molecule has 0 amide bonds. The van der Waals surface area contributed by atoms with Gasteiger partial charge in [0.1, 0.15) is 0 Å². The van der Waals surface area contributed by atoms with Crippen molar-refractivity contribution in [1.29, 1.82) is 0 Å². The van der Waals surface area contributed by atoms with Gasteiger partial charge in [0.05, 0.1) is 12.7 Å². The van der Waals surface area contributed by atoms with Crippen LogP contribution in [0.5, 0.6) is 0 Å². The van der Waals surface area contributed by atoms with E-state index >= 15 is 0 Å². The summed E-state index contributed by atoms with van der Waals surface area (Å²) in [4.78, 5) is 0. The van der Waals surface area contributed by atoms with E-state index in [1.54, 1.807) is 0 Å². The van der Waals surface area contributed by atoms with E-state index in [2.05, 4.69) is 0 Å². The summed E-state index contributed by atoms with van der Waals surface area (Å²) in [6.45, 7) is 3.97. The van der Waals surface area contributed by atoms with E-state index in [9.17, 15) is 4.57 Å². The fourth-order valence-electron chi connectivity index (χ4n) is 0.794. The molecule has 2 unspecified atom stereocenters. The Bertz CT molecular complexity index is 145. The summed E-state index contributed by atoms with van der Waals surface area (Å²) in [7, 11) is -2.64. The smallest absolute Gasteiger partial charge is 0.309 e. The highest BCUT2D eigenvalue weighted by Gasteiger charge is 2.25. The fourth-order valence-corrected chi connectivity index (χ4v) is 2.05. The molecule has 1 saturated heterocycles. The van der Waals surface area contributed by atoms with Crippen LogP contribution in [0.1, 0.15) is 13.3 Å². The van der Waals surface area contributed by atoms with Crippen molar-refractivity contribution in [3.63, 3.8) is 0 Å². The predicted molar refractivity (Wildman–Crippen MR) is 34.6 cm³/mol. The maximum absolute atomic E-state index is 11.0. The summed E-state index contributed by atoms with van der Waals surface area (Å²) < 4.78 is 20.9. The maximum atomic E-state index is 11.0. The zero-order valence-electron chi connectivity index (χ0n) is 5.66. The van der Waals surface area contributed by atoms with E-state index in [1.165, 1.54) is 6.66 Å². The van der Waals surface area contributed by atoms with Gasteiger partial charge < -0.3 is 9.05 Å². The van der Waals surface area contributed by atoms with Gasteiger partial charge in [0.2, 0.25) is 0 Å². The van der Waals surface area contributed by atoms with Gasteiger partial charge in [-0.3, -0.25) is 4.57 Å². The Morgan fingerprint density at radius 3 is 2.67 bits per heavy atom. The molecule has 1 heterocycles. The Morgan fingerprint density at radius 2 is 2.33 bits per heavy atom. The van der Waals surface area contributed by atoms with E-state index in [0.29, 0.717) is 6.61 Å². The first kappa shape index (κ1) is 7.26. The van der Waals surface area contributed by atoms with Crippen LogP contribution < -0.4 is 0 Å². The molecule has 54 valence electrons. The average Bonchev–Trinajstić information content (AvgIpc) is 1.60. The van der Waals surface area contributed by atoms with Crippen molar-refractivity contribution in [2.24, 2.45) is 0 Å². The van der Waals surface area contributed by atoms with Crippen LogP contribution in [0.2, 0.25) is 0 Å². The molecular weight excluding hydrogens is 139 g/mol. The molecule has 0 aromatic heterocycles. The molecule has 0 bridgehead atoms. The molecule has 1 aliphatic rings. The molecule has 9 heavy (non-hydrogen) atoms. The number of hydrogen-bond donors (Lipinski definition) is 0. The normalized spacial score (nSPS) is 44.9. The van der Waals surface area contributed by atoms with E-state index in [0.717, 1.165) is 6.42 Å². The minimum Gasteiger partial charge on any atom is -0.309 e. The summed E-state index contributed by atoms with van der Waals surface area (Å²) in [6.07, 6.45) is 0.937. The molecule has 2 atom stereocenters. The van der Waals surface area contributed by atoms with E-state index in [-0.39, 0.29) is 6.10 Å². The van der Waals surface area contributed by atoms with Crippen LogP contribution in [0.25, 0.3) is 0 Å². The van der Waals surface area contributed by atoms with Crippen LogP contribution in [0.3, 0.4) is 0 Å².